The fraction of sp³-hybridized carbons (Fsp3) is 0.348. The number of nitrogens with zero attached hydrogens (tertiary/aromatic N) is 2. The minimum absolute atomic E-state index is 0.355. The molecule has 0 radical (unpaired) electrons. The zero-order chi connectivity index (χ0) is 19.7. The summed E-state index contributed by atoms with van der Waals surface area (Å²) in [6, 6.07) is 18.2. The van der Waals surface area contributed by atoms with Crippen LogP contribution in [0.5, 0.6) is 0 Å². The molecule has 0 spiro atoms. The lowest BCUT2D eigenvalue weighted by Crippen LogP contribution is -2.39. The summed E-state index contributed by atoms with van der Waals surface area (Å²) in [5.74, 6) is 1.27. The summed E-state index contributed by atoms with van der Waals surface area (Å²) >= 11 is 0. The van der Waals surface area contributed by atoms with E-state index in [1.54, 1.807) is 0 Å². The van der Waals surface area contributed by atoms with E-state index in [-0.39, 0.29) is 0 Å². The molecule has 146 valence electrons. The van der Waals surface area contributed by atoms with E-state index >= 15 is 0 Å². The van der Waals surface area contributed by atoms with Crippen molar-refractivity contribution in [1.82, 2.24) is 4.90 Å². The molecule has 0 N–H and O–H groups in total. The fourth-order valence-corrected chi connectivity index (χ4v) is 5.67. The van der Waals surface area contributed by atoms with Gasteiger partial charge in [0.1, 0.15) is 10.7 Å². The molecule has 0 amide bonds. The van der Waals surface area contributed by atoms with Crippen LogP contribution in [0.1, 0.15) is 36.5 Å². The smallest absolute Gasteiger partial charge is 0.285 e. The largest absolute Gasteiger partial charge is 0.356 e. The van der Waals surface area contributed by atoms with Crippen molar-refractivity contribution in [2.24, 2.45) is 10.3 Å². The van der Waals surface area contributed by atoms with Gasteiger partial charge in [-0.05, 0) is 50.2 Å². The van der Waals surface area contributed by atoms with E-state index < -0.39 is 10.0 Å². The van der Waals surface area contributed by atoms with Gasteiger partial charge in [-0.2, -0.15) is 8.42 Å². The Hall–Kier alpha value is -2.40. The van der Waals surface area contributed by atoms with Crippen LogP contribution < -0.4 is 0 Å². The normalized spacial score (nSPS) is 19.8. The summed E-state index contributed by atoms with van der Waals surface area (Å²) in [7, 11) is -3.64. The van der Waals surface area contributed by atoms with Crippen LogP contribution in [0, 0.1) is 12.8 Å². The highest BCUT2D eigenvalue weighted by atomic mass is 32.2. The molecule has 5 heteroatoms. The van der Waals surface area contributed by atoms with Crippen LogP contribution in [-0.4, -0.2) is 32.2 Å². The van der Waals surface area contributed by atoms with Gasteiger partial charge in [-0.3, -0.25) is 0 Å². The maximum Gasteiger partial charge on any atom is 0.285 e. The summed E-state index contributed by atoms with van der Waals surface area (Å²) in [6.07, 6.45) is 3.20. The molecule has 0 atom stereocenters. The average Bonchev–Trinajstić information content (AvgIpc) is 2.93. The van der Waals surface area contributed by atoms with Crippen LogP contribution >= 0.6 is 0 Å². The molecule has 28 heavy (non-hydrogen) atoms. The van der Waals surface area contributed by atoms with E-state index in [1.165, 1.54) is 5.56 Å². The van der Waals surface area contributed by atoms with Crippen molar-refractivity contribution in [3.05, 3.63) is 76.9 Å². The maximum atomic E-state index is 12.7. The fourth-order valence-electron chi connectivity index (χ4n) is 4.18. The molecule has 2 heterocycles. The van der Waals surface area contributed by atoms with E-state index in [9.17, 15) is 8.42 Å². The Morgan fingerprint density at radius 2 is 1.61 bits per heavy atom. The van der Waals surface area contributed by atoms with Crippen LogP contribution in [0.3, 0.4) is 0 Å². The van der Waals surface area contributed by atoms with Crippen LogP contribution in [0.25, 0.3) is 4.91 Å². The Bertz CT molecular complexity index is 1010. The molecule has 2 aromatic carbocycles. The molecule has 1 saturated heterocycles. The average molecular weight is 395 g/mol. The quantitative estimate of drug-likeness (QED) is 0.774. The lowest BCUT2D eigenvalue weighted by atomic mass is 9.90. The van der Waals surface area contributed by atoms with Gasteiger partial charge in [0.15, 0.2) is 0 Å². The number of likely N-dealkylation sites (tertiary alicyclic amines) is 1. The lowest BCUT2D eigenvalue weighted by Gasteiger charge is -2.33. The van der Waals surface area contributed by atoms with E-state index in [0.717, 1.165) is 49.1 Å². The van der Waals surface area contributed by atoms with Crippen LogP contribution in [0.4, 0.5) is 0 Å². The second-order valence-electron chi connectivity index (χ2n) is 7.83. The van der Waals surface area contributed by atoms with Crippen molar-refractivity contribution < 1.29 is 8.42 Å². The molecule has 0 bridgehead atoms. The third-order valence-corrected chi connectivity index (χ3v) is 7.21. The van der Waals surface area contributed by atoms with Crippen LogP contribution in [-0.2, 0) is 16.4 Å². The van der Waals surface area contributed by atoms with Gasteiger partial charge in [0.2, 0.25) is 0 Å². The molecule has 4 rings (SSSR count). The van der Waals surface area contributed by atoms with Crippen molar-refractivity contribution in [1.29, 1.82) is 0 Å². The molecule has 2 aromatic rings. The van der Waals surface area contributed by atoms with Gasteiger partial charge < -0.3 is 4.90 Å². The number of hydrogen-bond donors (Lipinski definition) is 0. The number of hydrogen-bond acceptors (Lipinski definition) is 3. The molecule has 4 nitrogen and oxygen atoms in total. The van der Waals surface area contributed by atoms with E-state index in [4.69, 9.17) is 0 Å². The number of aryl methyl sites for hydroxylation is 1. The van der Waals surface area contributed by atoms with Gasteiger partial charge >= 0.3 is 0 Å². The van der Waals surface area contributed by atoms with Crippen molar-refractivity contribution in [3.8, 4) is 0 Å². The van der Waals surface area contributed by atoms with Crippen molar-refractivity contribution in [3.63, 3.8) is 0 Å². The Morgan fingerprint density at radius 1 is 0.964 bits per heavy atom. The number of rotatable bonds is 3. The second kappa shape index (κ2) is 7.55. The summed E-state index contributed by atoms with van der Waals surface area (Å²) in [4.78, 5) is 2.50. The van der Waals surface area contributed by atoms with Crippen LogP contribution in [0.15, 0.2) is 64.6 Å². The van der Waals surface area contributed by atoms with Gasteiger partial charge in [-0.25, -0.2) is 0 Å². The maximum absolute atomic E-state index is 12.7. The SMILES string of the molecule is CC1=C(c2ccc(C)cc2)S(=O)(=O)N=C1N1CCC(Cc2ccccc2)CC1. The third-order valence-electron chi connectivity index (χ3n) is 5.74. The van der Waals surface area contributed by atoms with E-state index in [2.05, 4.69) is 33.6 Å². The summed E-state index contributed by atoms with van der Waals surface area (Å²) in [5.41, 5.74) is 3.98. The number of benzene rings is 2. The first-order chi connectivity index (χ1) is 13.4. The Kier molecular flexibility index (Phi) is 5.11. The summed E-state index contributed by atoms with van der Waals surface area (Å²) < 4.78 is 29.6. The Morgan fingerprint density at radius 3 is 2.25 bits per heavy atom. The molecule has 0 unspecified atom stereocenters. The molecule has 1 fully saturated rings. The molecule has 2 aliphatic rings. The zero-order valence-electron chi connectivity index (χ0n) is 16.4. The Labute approximate surface area is 167 Å². The highest BCUT2D eigenvalue weighted by molar-refractivity contribution is 8.00. The minimum Gasteiger partial charge on any atom is -0.356 e. The van der Waals surface area contributed by atoms with Crippen molar-refractivity contribution >= 4 is 20.8 Å². The van der Waals surface area contributed by atoms with Gasteiger partial charge in [-0.15, -0.1) is 4.40 Å². The van der Waals surface area contributed by atoms with E-state index in [0.29, 0.717) is 16.7 Å². The first kappa shape index (κ1) is 18.9. The highest BCUT2D eigenvalue weighted by Crippen LogP contribution is 2.35. The molecule has 0 aromatic heterocycles. The number of amidine groups is 1. The topological polar surface area (TPSA) is 49.7 Å². The summed E-state index contributed by atoms with van der Waals surface area (Å²) in [5, 5.41) is 0. The van der Waals surface area contributed by atoms with Crippen molar-refractivity contribution in [2.75, 3.05) is 13.1 Å². The molecule has 0 aliphatic carbocycles. The van der Waals surface area contributed by atoms with Gasteiger partial charge in [0.05, 0.1) is 0 Å². The molecule has 2 aliphatic heterocycles. The first-order valence-electron chi connectivity index (χ1n) is 9.86. The van der Waals surface area contributed by atoms with Gasteiger partial charge in [0.25, 0.3) is 10.0 Å². The Balaban J connectivity index is 1.50. The zero-order valence-corrected chi connectivity index (χ0v) is 17.2. The summed E-state index contributed by atoms with van der Waals surface area (Å²) in [6.45, 7) is 5.58. The first-order valence-corrected chi connectivity index (χ1v) is 11.3. The monoisotopic (exact) mass is 394 g/mol. The van der Waals surface area contributed by atoms with Gasteiger partial charge in [-0.1, -0.05) is 60.2 Å². The number of piperidine rings is 1. The number of sulfonamides is 1. The third kappa shape index (κ3) is 3.76. The highest BCUT2D eigenvalue weighted by Gasteiger charge is 2.34. The lowest BCUT2D eigenvalue weighted by molar-refractivity contribution is 0.266. The van der Waals surface area contributed by atoms with Gasteiger partial charge in [0, 0.05) is 18.7 Å². The predicted molar refractivity (Wildman–Crippen MR) is 115 cm³/mol. The molecular weight excluding hydrogens is 368 g/mol. The van der Waals surface area contributed by atoms with E-state index in [1.807, 2.05) is 44.2 Å². The standard InChI is InChI=1S/C23H26N2O2S/c1-17-8-10-21(11-9-17)22-18(2)23(24-28(22,26)27)25-14-12-20(13-15-25)16-19-6-4-3-5-7-19/h3-11,20H,12-16H2,1-2H3. The molecule has 0 saturated carbocycles. The minimum atomic E-state index is -3.64. The molecular formula is C23H26N2O2S. The second-order valence-corrected chi connectivity index (χ2v) is 9.37. The van der Waals surface area contributed by atoms with Crippen molar-refractivity contribution in [2.45, 2.75) is 33.1 Å². The predicted octanol–water partition coefficient (Wildman–Crippen LogP) is 4.42. The van der Waals surface area contributed by atoms with Crippen LogP contribution in [0.2, 0.25) is 0 Å².